The van der Waals surface area contributed by atoms with Gasteiger partial charge in [-0.1, -0.05) is 6.07 Å². The lowest BCUT2D eigenvalue weighted by atomic mass is 10.0. The lowest BCUT2D eigenvalue weighted by molar-refractivity contribution is -0.135. The number of nitrogens with zero attached hydrogens (tertiary/aromatic N) is 4. The normalized spacial score (nSPS) is 13.8. The number of benzene rings is 1. The van der Waals surface area contributed by atoms with Gasteiger partial charge in [0.2, 0.25) is 11.3 Å². The maximum absolute atomic E-state index is 13.8. The molecule has 1 aromatic carbocycles. The highest BCUT2D eigenvalue weighted by molar-refractivity contribution is 5.99. The minimum Gasteiger partial charge on any atom is -0.503 e. The predicted octanol–water partition coefficient (Wildman–Crippen LogP) is 0.996. The lowest BCUT2D eigenvalue weighted by Gasteiger charge is -2.37. The van der Waals surface area contributed by atoms with Crippen molar-refractivity contribution in [1.29, 1.82) is 0 Å². The quantitative estimate of drug-likeness (QED) is 0.662. The van der Waals surface area contributed by atoms with E-state index in [0.717, 1.165) is 17.3 Å². The van der Waals surface area contributed by atoms with Crippen molar-refractivity contribution < 1.29 is 28.3 Å². The summed E-state index contributed by atoms with van der Waals surface area (Å²) in [5.41, 5.74) is -1.58. The Balaban J connectivity index is 1.89. The highest BCUT2D eigenvalue weighted by Gasteiger charge is 2.34. The van der Waals surface area contributed by atoms with E-state index in [1.807, 2.05) is 0 Å². The Bertz CT molecular complexity index is 1160. The van der Waals surface area contributed by atoms with Crippen LogP contribution >= 0.6 is 0 Å². The van der Waals surface area contributed by atoms with E-state index in [9.17, 15) is 33.1 Å². The zero-order valence-electron chi connectivity index (χ0n) is 17.8. The number of fused-ring (bicyclic) bond motifs is 1. The highest BCUT2D eigenvalue weighted by Crippen LogP contribution is 2.23. The summed E-state index contributed by atoms with van der Waals surface area (Å²) in [5.74, 6) is -4.10. The molecular weight excluding hydrogens is 426 g/mol. The molecule has 9 nitrogen and oxygen atoms in total. The number of pyridine rings is 1. The van der Waals surface area contributed by atoms with Crippen LogP contribution in [0.1, 0.15) is 32.8 Å². The molecule has 0 spiro atoms. The molecule has 0 saturated heterocycles. The first-order chi connectivity index (χ1) is 15.0. The van der Waals surface area contributed by atoms with Gasteiger partial charge >= 0.3 is 0 Å². The molecular formula is C21H22F2N4O5. The topological polar surface area (TPSA) is 103 Å². The van der Waals surface area contributed by atoms with Crippen LogP contribution in [-0.2, 0) is 17.9 Å². The van der Waals surface area contributed by atoms with Gasteiger partial charge in [-0.2, -0.15) is 5.01 Å². The number of amides is 2. The maximum Gasteiger partial charge on any atom is 0.288 e. The second-order valence-electron chi connectivity index (χ2n) is 7.62. The molecule has 170 valence electrons. The van der Waals surface area contributed by atoms with Gasteiger partial charge in [0.1, 0.15) is 11.6 Å². The third kappa shape index (κ3) is 4.37. The number of likely N-dealkylation sites (N-methyl/N-ethyl adjacent to an activating group) is 1. The van der Waals surface area contributed by atoms with Crippen LogP contribution < -0.4 is 5.43 Å². The Morgan fingerprint density at radius 1 is 1.19 bits per heavy atom. The molecule has 0 saturated carbocycles. The van der Waals surface area contributed by atoms with E-state index in [1.165, 1.54) is 27.6 Å². The SMILES string of the molecule is CN(C)C(=O)CN1Cn2cc(C(=O)CCc3ccc(F)cc3F)c(=O)c(O)c2C(=O)N1C. The second kappa shape index (κ2) is 8.87. The fourth-order valence-corrected chi connectivity index (χ4v) is 3.30. The molecule has 3 rings (SSSR count). The molecule has 1 N–H and O–H groups in total. The number of hydrazine groups is 1. The summed E-state index contributed by atoms with van der Waals surface area (Å²) in [6, 6.07) is 2.97. The van der Waals surface area contributed by atoms with Crippen molar-refractivity contribution in [2.75, 3.05) is 27.7 Å². The summed E-state index contributed by atoms with van der Waals surface area (Å²) in [6.07, 6.45) is 0.796. The molecule has 2 amide bonds. The van der Waals surface area contributed by atoms with Gasteiger partial charge in [0, 0.05) is 39.8 Å². The number of aromatic hydroxyl groups is 1. The number of aryl methyl sites for hydroxylation is 1. The standard InChI is InChI=1S/C21H22F2N4O5/c1-24(2)17(29)10-27-11-26-9-14(19(30)20(31)18(26)21(32)25(27)3)16(28)7-5-12-4-6-13(22)8-15(12)23/h4,6,8-9,31H,5,7,10-11H2,1-3H3. The molecule has 32 heavy (non-hydrogen) atoms. The predicted molar refractivity (Wildman–Crippen MR) is 109 cm³/mol. The molecule has 2 aromatic rings. The van der Waals surface area contributed by atoms with Crippen molar-refractivity contribution in [3.8, 4) is 5.75 Å². The molecule has 0 unspecified atom stereocenters. The number of aromatic nitrogens is 1. The molecule has 0 radical (unpaired) electrons. The third-order valence-electron chi connectivity index (χ3n) is 5.25. The molecule has 1 aliphatic heterocycles. The van der Waals surface area contributed by atoms with Gasteiger partial charge in [0.05, 0.1) is 18.8 Å². The minimum absolute atomic E-state index is 0.0716. The number of ketones is 1. The second-order valence-corrected chi connectivity index (χ2v) is 7.62. The Kier molecular flexibility index (Phi) is 6.40. The van der Waals surface area contributed by atoms with E-state index in [0.29, 0.717) is 6.07 Å². The molecule has 11 heteroatoms. The summed E-state index contributed by atoms with van der Waals surface area (Å²) in [6.45, 7) is -0.216. The summed E-state index contributed by atoms with van der Waals surface area (Å²) >= 11 is 0. The Hall–Kier alpha value is -3.60. The molecule has 2 heterocycles. The number of halogens is 2. The fourth-order valence-electron chi connectivity index (χ4n) is 3.30. The zero-order chi connectivity index (χ0) is 23.7. The van der Waals surface area contributed by atoms with Gasteiger partial charge in [-0.25, -0.2) is 8.78 Å². The molecule has 0 bridgehead atoms. The number of rotatable bonds is 6. The smallest absolute Gasteiger partial charge is 0.288 e. The lowest BCUT2D eigenvalue weighted by Crippen LogP contribution is -2.53. The zero-order valence-corrected chi connectivity index (χ0v) is 17.8. The monoisotopic (exact) mass is 448 g/mol. The number of hydrogen-bond donors (Lipinski definition) is 1. The van der Waals surface area contributed by atoms with Gasteiger partial charge in [-0.05, 0) is 18.1 Å². The van der Waals surface area contributed by atoms with Gasteiger partial charge in [-0.15, -0.1) is 0 Å². The first-order valence-corrected chi connectivity index (χ1v) is 9.67. The Morgan fingerprint density at radius 2 is 1.88 bits per heavy atom. The van der Waals surface area contributed by atoms with E-state index in [1.54, 1.807) is 14.1 Å². The average molecular weight is 448 g/mol. The molecule has 0 atom stereocenters. The largest absolute Gasteiger partial charge is 0.503 e. The van der Waals surface area contributed by atoms with Crippen molar-refractivity contribution in [3.63, 3.8) is 0 Å². The third-order valence-corrected chi connectivity index (χ3v) is 5.25. The van der Waals surface area contributed by atoms with E-state index in [2.05, 4.69) is 0 Å². The van der Waals surface area contributed by atoms with Crippen molar-refractivity contribution in [2.45, 2.75) is 19.5 Å². The van der Waals surface area contributed by atoms with Crippen LogP contribution in [0.25, 0.3) is 0 Å². The molecule has 1 aliphatic rings. The first kappa shape index (κ1) is 23.1. The summed E-state index contributed by atoms with van der Waals surface area (Å²) < 4.78 is 28.1. The number of carbonyl (C=O) groups is 3. The maximum atomic E-state index is 13.8. The molecule has 1 aromatic heterocycles. The van der Waals surface area contributed by atoms with Crippen molar-refractivity contribution in [1.82, 2.24) is 19.5 Å². The van der Waals surface area contributed by atoms with Gasteiger partial charge < -0.3 is 14.6 Å². The Labute approximate surface area is 182 Å². The number of Topliss-reactive ketones (excluding diaryl/α,β-unsaturated/α-hetero) is 1. The van der Waals surface area contributed by atoms with E-state index in [4.69, 9.17) is 0 Å². The minimum atomic E-state index is -1.01. The fraction of sp³-hybridized carbons (Fsp3) is 0.333. The number of carbonyl (C=O) groups excluding carboxylic acids is 3. The molecule has 0 aliphatic carbocycles. The number of hydrogen-bond acceptors (Lipinski definition) is 6. The summed E-state index contributed by atoms with van der Waals surface area (Å²) in [5, 5.41) is 12.9. The van der Waals surface area contributed by atoms with Crippen LogP contribution in [0, 0.1) is 11.6 Å². The van der Waals surface area contributed by atoms with Crippen LogP contribution in [0.2, 0.25) is 0 Å². The van der Waals surface area contributed by atoms with Crippen LogP contribution in [0.3, 0.4) is 0 Å². The van der Waals surface area contributed by atoms with Crippen LogP contribution in [0.15, 0.2) is 29.2 Å². The van der Waals surface area contributed by atoms with Crippen molar-refractivity contribution in [2.24, 2.45) is 0 Å². The first-order valence-electron chi connectivity index (χ1n) is 9.67. The summed E-state index contributed by atoms with van der Waals surface area (Å²) in [4.78, 5) is 51.3. The van der Waals surface area contributed by atoms with E-state index >= 15 is 0 Å². The van der Waals surface area contributed by atoms with Gasteiger partial charge in [-0.3, -0.25) is 24.2 Å². The molecule has 0 fully saturated rings. The van der Waals surface area contributed by atoms with Gasteiger partial charge in [0.25, 0.3) is 5.91 Å². The van der Waals surface area contributed by atoms with E-state index in [-0.39, 0.29) is 48.8 Å². The van der Waals surface area contributed by atoms with Crippen molar-refractivity contribution in [3.05, 3.63) is 63.1 Å². The van der Waals surface area contributed by atoms with Crippen molar-refractivity contribution >= 4 is 17.6 Å². The highest BCUT2D eigenvalue weighted by atomic mass is 19.1. The van der Waals surface area contributed by atoms with Crippen LogP contribution in [0.4, 0.5) is 8.78 Å². The van der Waals surface area contributed by atoms with Crippen LogP contribution in [0.5, 0.6) is 5.75 Å². The Morgan fingerprint density at radius 3 is 2.50 bits per heavy atom. The van der Waals surface area contributed by atoms with Crippen LogP contribution in [-0.4, -0.2) is 69.9 Å². The van der Waals surface area contributed by atoms with Gasteiger partial charge in [0.15, 0.2) is 17.2 Å². The average Bonchev–Trinajstić information content (AvgIpc) is 2.73. The summed E-state index contributed by atoms with van der Waals surface area (Å²) in [7, 11) is 4.52. The van der Waals surface area contributed by atoms with E-state index < -0.39 is 34.5 Å².